The monoisotopic (exact) mass is 339 g/mol. The smallest absolute Gasteiger partial charge is 1.00 e. The Labute approximate surface area is 171 Å². The van der Waals surface area contributed by atoms with Crippen LogP contribution < -0.4 is 29.6 Å². The minimum absolute atomic E-state index is 0. The van der Waals surface area contributed by atoms with E-state index >= 15 is 0 Å². The Hall–Kier alpha value is -0.745. The predicted molar refractivity (Wildman–Crippen MR) is 97.2 cm³/mol. The molecule has 4 nitrogen and oxygen atoms in total. The fourth-order valence-electron chi connectivity index (χ4n) is 1.88. The molecular weight excluding hydrogens is 310 g/mol. The molecule has 0 aliphatic carbocycles. The molecule has 0 atom stereocenters. The van der Waals surface area contributed by atoms with Crippen molar-refractivity contribution < 1.29 is 40.9 Å². The van der Waals surface area contributed by atoms with E-state index in [-0.39, 0.29) is 56.8 Å². The summed E-state index contributed by atoms with van der Waals surface area (Å²) >= 11 is 0. The first kappa shape index (κ1) is 25.5. The second-order valence-corrected chi connectivity index (χ2v) is 7.53. The van der Waals surface area contributed by atoms with Gasteiger partial charge >= 0.3 is 29.6 Å². The van der Waals surface area contributed by atoms with E-state index in [0.717, 1.165) is 12.0 Å². The molecule has 6 heteroatoms. The SMILES string of the molecule is CC(C)(C)c1c[nH]c(C=O)c1.CC(C)(C)c1c[nH]c(CO)c1.[B].[H-].[Na+]. The number of nitrogens with one attached hydrogen (secondary N) is 2. The molecule has 0 aromatic carbocycles. The fraction of sp³-hybridized carbons (Fsp3) is 0.500. The van der Waals surface area contributed by atoms with Crippen molar-refractivity contribution in [2.45, 2.75) is 59.0 Å². The van der Waals surface area contributed by atoms with Gasteiger partial charge in [0.25, 0.3) is 0 Å². The molecule has 3 radical (unpaired) electrons. The zero-order valence-corrected chi connectivity index (χ0v) is 18.0. The first-order chi connectivity index (χ1) is 10.1. The second kappa shape index (κ2) is 10.3. The van der Waals surface area contributed by atoms with Crippen LogP contribution in [0.1, 0.15) is 70.3 Å². The number of hydrogen-bond acceptors (Lipinski definition) is 2. The zero-order valence-electron chi connectivity index (χ0n) is 17.0. The largest absolute Gasteiger partial charge is 1.00 e. The van der Waals surface area contributed by atoms with Crippen molar-refractivity contribution in [3.8, 4) is 0 Å². The first-order valence-corrected chi connectivity index (χ1v) is 7.50. The van der Waals surface area contributed by atoms with Crippen LogP contribution in [0.15, 0.2) is 24.5 Å². The van der Waals surface area contributed by atoms with Crippen LogP contribution in [0.5, 0.6) is 0 Å². The number of carbonyl (C=O) groups excluding carboxylic acids is 1. The van der Waals surface area contributed by atoms with Gasteiger partial charge in [-0.1, -0.05) is 41.5 Å². The Balaban J connectivity index is -0.000000346. The molecule has 0 saturated heterocycles. The van der Waals surface area contributed by atoms with Crippen LogP contribution in [0.3, 0.4) is 0 Å². The van der Waals surface area contributed by atoms with Crippen molar-refractivity contribution in [3.63, 3.8) is 0 Å². The van der Waals surface area contributed by atoms with E-state index in [2.05, 4.69) is 51.5 Å². The van der Waals surface area contributed by atoms with E-state index in [1.807, 2.05) is 24.5 Å². The normalized spacial score (nSPS) is 10.8. The molecule has 0 amide bonds. The Morgan fingerprint density at radius 3 is 1.71 bits per heavy atom. The zero-order chi connectivity index (χ0) is 17.0. The number of rotatable bonds is 2. The van der Waals surface area contributed by atoms with Crippen LogP contribution in [-0.2, 0) is 17.4 Å². The average molecular weight is 339 g/mol. The molecule has 0 saturated carbocycles. The van der Waals surface area contributed by atoms with Gasteiger partial charge < -0.3 is 16.5 Å². The molecule has 0 aliphatic rings. The van der Waals surface area contributed by atoms with Crippen molar-refractivity contribution in [3.05, 3.63) is 47.0 Å². The minimum Gasteiger partial charge on any atom is -1.00 e. The van der Waals surface area contributed by atoms with Gasteiger partial charge in [-0.15, -0.1) is 0 Å². The van der Waals surface area contributed by atoms with E-state index in [0.29, 0.717) is 5.69 Å². The maximum atomic E-state index is 10.3. The summed E-state index contributed by atoms with van der Waals surface area (Å²) in [6, 6.07) is 3.88. The summed E-state index contributed by atoms with van der Waals surface area (Å²) < 4.78 is 0. The Bertz CT molecular complexity index is 613. The molecule has 2 aromatic heterocycles. The number of aldehydes is 1. The summed E-state index contributed by atoms with van der Waals surface area (Å²) in [6.07, 6.45) is 4.66. The Morgan fingerprint density at radius 1 is 1.00 bits per heavy atom. The number of H-pyrrole nitrogens is 2. The van der Waals surface area contributed by atoms with Crippen molar-refractivity contribution in [1.82, 2.24) is 9.97 Å². The van der Waals surface area contributed by atoms with Crippen LogP contribution >= 0.6 is 0 Å². The van der Waals surface area contributed by atoms with Gasteiger partial charge in [0, 0.05) is 26.5 Å². The molecule has 2 heterocycles. The van der Waals surface area contributed by atoms with Crippen LogP contribution in [0.4, 0.5) is 0 Å². The van der Waals surface area contributed by atoms with E-state index in [1.165, 1.54) is 11.1 Å². The molecule has 2 aromatic rings. The van der Waals surface area contributed by atoms with Gasteiger partial charge in [-0.25, -0.2) is 0 Å². The number of aliphatic hydroxyl groups excluding tert-OH is 1. The number of aliphatic hydroxyl groups is 1. The third kappa shape index (κ3) is 7.89. The summed E-state index contributed by atoms with van der Waals surface area (Å²) in [5.41, 5.74) is 4.23. The molecule has 0 fully saturated rings. The maximum absolute atomic E-state index is 10.3. The number of aromatic amines is 2. The molecule has 0 bridgehead atoms. The Kier molecular flexibility index (Phi) is 10.9. The summed E-state index contributed by atoms with van der Waals surface area (Å²) in [5.74, 6) is 0. The Morgan fingerprint density at radius 2 is 1.46 bits per heavy atom. The van der Waals surface area contributed by atoms with Gasteiger partial charge in [0.05, 0.1) is 12.3 Å². The van der Waals surface area contributed by atoms with Crippen molar-refractivity contribution >= 4 is 14.7 Å². The minimum atomic E-state index is 0. The number of hydrogen-bond donors (Lipinski definition) is 3. The second-order valence-electron chi connectivity index (χ2n) is 7.53. The summed E-state index contributed by atoms with van der Waals surface area (Å²) in [4.78, 5) is 16.2. The van der Waals surface area contributed by atoms with E-state index in [4.69, 9.17) is 5.11 Å². The summed E-state index contributed by atoms with van der Waals surface area (Å²) in [7, 11) is 0. The topological polar surface area (TPSA) is 68.9 Å². The van der Waals surface area contributed by atoms with Crippen LogP contribution in [0.2, 0.25) is 0 Å². The summed E-state index contributed by atoms with van der Waals surface area (Å²) in [5, 5.41) is 8.79. The van der Waals surface area contributed by atoms with Crippen LogP contribution in [0, 0.1) is 0 Å². The number of carbonyl (C=O) groups is 1. The van der Waals surface area contributed by atoms with Crippen molar-refractivity contribution in [2.24, 2.45) is 0 Å². The molecule has 2 rings (SSSR count). The van der Waals surface area contributed by atoms with Crippen molar-refractivity contribution in [1.29, 1.82) is 0 Å². The third-order valence-electron chi connectivity index (χ3n) is 3.48. The van der Waals surface area contributed by atoms with E-state index in [9.17, 15) is 4.79 Å². The first-order valence-electron chi connectivity index (χ1n) is 7.50. The van der Waals surface area contributed by atoms with Gasteiger partial charge in [0.15, 0.2) is 6.29 Å². The van der Waals surface area contributed by atoms with E-state index < -0.39 is 0 Å². The third-order valence-corrected chi connectivity index (χ3v) is 3.48. The molecule has 0 spiro atoms. The van der Waals surface area contributed by atoms with Crippen LogP contribution in [0.25, 0.3) is 0 Å². The predicted octanol–water partition coefficient (Wildman–Crippen LogP) is 0.665. The molecule has 0 unspecified atom stereocenters. The van der Waals surface area contributed by atoms with E-state index in [1.54, 1.807) is 0 Å². The van der Waals surface area contributed by atoms with Gasteiger partial charge in [0.2, 0.25) is 0 Å². The molecule has 24 heavy (non-hydrogen) atoms. The van der Waals surface area contributed by atoms with Gasteiger partial charge in [-0.2, -0.15) is 0 Å². The van der Waals surface area contributed by atoms with Gasteiger partial charge in [-0.3, -0.25) is 4.79 Å². The van der Waals surface area contributed by atoms with Crippen molar-refractivity contribution in [2.75, 3.05) is 0 Å². The number of aromatic nitrogens is 2. The standard InChI is InChI=1S/C9H15NO.C9H13NO.B.Na.H/c2*1-9(2,3)7-4-8(6-11)10-5-7;;;/h4-5,10-11H,6H2,1-3H3;4-6,10H,1-3H3;;;/q;;;+1;-1. The average Bonchev–Trinajstić information content (AvgIpc) is 3.07. The summed E-state index contributed by atoms with van der Waals surface area (Å²) in [6.45, 7) is 12.9. The van der Waals surface area contributed by atoms with Gasteiger partial charge in [-0.05, 0) is 34.1 Å². The molecular formula is C18H29BN2NaO2. The van der Waals surface area contributed by atoms with Crippen LogP contribution in [-0.4, -0.2) is 29.8 Å². The molecule has 127 valence electrons. The quantitative estimate of drug-likeness (QED) is 0.556. The molecule has 3 N–H and O–H groups in total. The van der Waals surface area contributed by atoms with Gasteiger partial charge in [0.1, 0.15) is 0 Å². The maximum Gasteiger partial charge on any atom is 1.00 e. The molecule has 0 aliphatic heterocycles. The fourth-order valence-corrected chi connectivity index (χ4v) is 1.88.